The van der Waals surface area contributed by atoms with Gasteiger partial charge in [-0.05, 0) is 117 Å². The Morgan fingerprint density at radius 1 is 0.972 bits per heavy atom. The second-order valence-corrected chi connectivity index (χ2v) is 12.6. The van der Waals surface area contributed by atoms with Gasteiger partial charge in [-0.3, -0.25) is 4.79 Å². The third kappa shape index (κ3) is 6.92. The highest BCUT2D eigenvalue weighted by Crippen LogP contribution is 2.49. The number of benzene rings is 2. The van der Waals surface area contributed by atoms with Crippen LogP contribution in [0.3, 0.4) is 0 Å². The van der Waals surface area contributed by atoms with E-state index in [0.717, 1.165) is 55.5 Å². The quantitative estimate of drug-likeness (QED) is 0.322. The number of nitrogens with zero attached hydrogens (tertiary/aromatic N) is 1. The summed E-state index contributed by atoms with van der Waals surface area (Å²) < 4.78 is 13.1. The number of aliphatic carboxylic acids is 1. The van der Waals surface area contributed by atoms with Crippen LogP contribution in [0.5, 0.6) is 0 Å². The van der Waals surface area contributed by atoms with Crippen LogP contribution < -0.4 is 0 Å². The van der Waals surface area contributed by atoms with Crippen molar-refractivity contribution in [1.82, 2.24) is 4.90 Å². The van der Waals surface area contributed by atoms with E-state index in [0.29, 0.717) is 23.7 Å². The summed E-state index contributed by atoms with van der Waals surface area (Å²) in [5.74, 6) is 2.93. The first-order chi connectivity index (χ1) is 17.5. The van der Waals surface area contributed by atoms with Gasteiger partial charge < -0.3 is 10.0 Å². The van der Waals surface area contributed by atoms with Gasteiger partial charge in [0.15, 0.2) is 0 Å². The molecule has 0 radical (unpaired) electrons. The molecule has 0 aromatic heterocycles. The fraction of sp³-hybridized carbons (Fsp3) is 0.581. The molecule has 0 spiro atoms. The van der Waals surface area contributed by atoms with Crippen LogP contribution in [0.1, 0.15) is 62.8 Å². The molecule has 2 aromatic rings. The van der Waals surface area contributed by atoms with Gasteiger partial charge in [-0.1, -0.05) is 43.2 Å². The van der Waals surface area contributed by atoms with Gasteiger partial charge in [0.1, 0.15) is 5.82 Å². The van der Waals surface area contributed by atoms with Crippen LogP contribution in [0.2, 0.25) is 0 Å². The first kappa shape index (κ1) is 25.8. The maximum Gasteiger partial charge on any atom is 0.306 e. The Labute approximate surface area is 219 Å². The van der Waals surface area contributed by atoms with Crippen LogP contribution >= 0.6 is 11.8 Å². The Bertz CT molecular complexity index is 972. The molecule has 1 aliphatic heterocycles. The molecular formula is C31H40FNO2S. The number of carbonyl (C=O) groups is 1. The zero-order valence-corrected chi connectivity index (χ0v) is 22.1. The molecule has 2 saturated carbocycles. The minimum atomic E-state index is -0.571. The van der Waals surface area contributed by atoms with E-state index in [1.165, 1.54) is 37.7 Å². The molecule has 3 fully saturated rings. The van der Waals surface area contributed by atoms with Crippen molar-refractivity contribution < 1.29 is 14.3 Å². The van der Waals surface area contributed by atoms with Crippen LogP contribution in [-0.2, 0) is 4.79 Å². The largest absolute Gasteiger partial charge is 0.481 e. The van der Waals surface area contributed by atoms with Crippen LogP contribution in [-0.4, -0.2) is 41.4 Å². The molecule has 2 aliphatic carbocycles. The molecule has 0 amide bonds. The average Bonchev–Trinajstić information content (AvgIpc) is 3.63. The van der Waals surface area contributed by atoms with E-state index in [1.54, 1.807) is 12.1 Å². The summed E-state index contributed by atoms with van der Waals surface area (Å²) in [6.07, 6.45) is 9.11. The molecule has 36 heavy (non-hydrogen) atoms. The third-order valence-electron chi connectivity index (χ3n) is 8.94. The molecule has 2 unspecified atom stereocenters. The number of piperidine rings is 1. The van der Waals surface area contributed by atoms with E-state index in [1.807, 2.05) is 23.9 Å². The Morgan fingerprint density at radius 2 is 1.69 bits per heavy atom. The molecule has 1 N–H and O–H groups in total. The third-order valence-corrected chi connectivity index (χ3v) is 9.98. The van der Waals surface area contributed by atoms with Gasteiger partial charge in [0.25, 0.3) is 0 Å². The van der Waals surface area contributed by atoms with Crippen molar-refractivity contribution in [2.24, 2.45) is 29.6 Å². The van der Waals surface area contributed by atoms with E-state index >= 15 is 0 Å². The number of halogens is 1. The van der Waals surface area contributed by atoms with Crippen molar-refractivity contribution in [3.05, 3.63) is 66.0 Å². The number of hydrogen-bond donors (Lipinski definition) is 1. The highest BCUT2D eigenvalue weighted by Gasteiger charge is 2.43. The van der Waals surface area contributed by atoms with Crippen molar-refractivity contribution in [1.29, 1.82) is 0 Å². The predicted octanol–water partition coefficient (Wildman–Crippen LogP) is 7.33. The Balaban J connectivity index is 1.14. The van der Waals surface area contributed by atoms with Crippen molar-refractivity contribution in [2.75, 3.05) is 25.4 Å². The maximum absolute atomic E-state index is 13.1. The second kappa shape index (κ2) is 12.1. The normalized spacial score (nSPS) is 26.2. The minimum Gasteiger partial charge on any atom is -0.481 e. The van der Waals surface area contributed by atoms with E-state index in [4.69, 9.17) is 0 Å². The van der Waals surface area contributed by atoms with Crippen molar-refractivity contribution in [3.8, 4) is 0 Å². The minimum absolute atomic E-state index is 0.168. The highest BCUT2D eigenvalue weighted by molar-refractivity contribution is 7.99. The van der Waals surface area contributed by atoms with E-state index in [9.17, 15) is 14.3 Å². The molecule has 0 bridgehead atoms. The lowest BCUT2D eigenvalue weighted by molar-refractivity contribution is -0.144. The zero-order chi connectivity index (χ0) is 24.9. The molecule has 3 nitrogen and oxygen atoms in total. The molecule has 2 aromatic carbocycles. The number of hydrogen-bond acceptors (Lipinski definition) is 3. The number of carboxylic acid groups (broad SMARTS) is 1. The molecule has 194 valence electrons. The van der Waals surface area contributed by atoms with E-state index < -0.39 is 5.97 Å². The van der Waals surface area contributed by atoms with Gasteiger partial charge in [-0.25, -0.2) is 4.39 Å². The summed E-state index contributed by atoms with van der Waals surface area (Å²) in [5.41, 5.74) is 1.40. The SMILES string of the molecule is O=C(O)C(CC1CC1)C1C[C@H](CN2CCC(CCSc3ccc(F)cc3)CC2)[C@@H](c2ccccc2)C1. The average molecular weight is 510 g/mol. The monoisotopic (exact) mass is 509 g/mol. The molecule has 1 heterocycles. The number of likely N-dealkylation sites (tertiary alicyclic amines) is 1. The Morgan fingerprint density at radius 3 is 2.36 bits per heavy atom. The molecular weight excluding hydrogens is 469 g/mol. The number of rotatable bonds is 11. The lowest BCUT2D eigenvalue weighted by atomic mass is 9.85. The fourth-order valence-electron chi connectivity index (χ4n) is 6.68. The van der Waals surface area contributed by atoms with Crippen LogP contribution in [0.15, 0.2) is 59.5 Å². The lowest BCUT2D eigenvalue weighted by Gasteiger charge is -2.35. The van der Waals surface area contributed by atoms with Crippen LogP contribution in [0.4, 0.5) is 4.39 Å². The van der Waals surface area contributed by atoms with Gasteiger partial charge in [-0.15, -0.1) is 11.8 Å². The standard InChI is InChI=1S/C31H40FNO2S/c32-27-8-10-28(11-9-27)36-17-14-22-12-15-33(16-13-22)21-26-19-25(30(31(34)35)18-23-6-7-23)20-29(26)24-4-2-1-3-5-24/h1-5,8-11,22-23,25-26,29-30H,6-7,12-21H2,(H,34,35)/t25?,26-,29-,30?/m1/s1. The van der Waals surface area contributed by atoms with Crippen molar-refractivity contribution >= 4 is 17.7 Å². The van der Waals surface area contributed by atoms with E-state index in [-0.39, 0.29) is 11.7 Å². The Hall–Kier alpha value is -1.85. The summed E-state index contributed by atoms with van der Waals surface area (Å²) in [7, 11) is 0. The predicted molar refractivity (Wildman–Crippen MR) is 145 cm³/mol. The van der Waals surface area contributed by atoms with Crippen molar-refractivity contribution in [3.63, 3.8) is 0 Å². The van der Waals surface area contributed by atoms with E-state index in [2.05, 4.69) is 35.2 Å². The van der Waals surface area contributed by atoms with Gasteiger partial charge in [-0.2, -0.15) is 0 Å². The summed E-state index contributed by atoms with van der Waals surface area (Å²) >= 11 is 1.83. The first-order valence-electron chi connectivity index (χ1n) is 13.9. The molecule has 1 saturated heterocycles. The summed E-state index contributed by atoms with van der Waals surface area (Å²) in [4.78, 5) is 16.0. The zero-order valence-electron chi connectivity index (χ0n) is 21.2. The number of carboxylic acids is 1. The van der Waals surface area contributed by atoms with Crippen LogP contribution in [0.25, 0.3) is 0 Å². The van der Waals surface area contributed by atoms with Gasteiger partial charge in [0, 0.05) is 11.4 Å². The summed E-state index contributed by atoms with van der Waals surface area (Å²) in [6.45, 7) is 3.40. The lowest BCUT2D eigenvalue weighted by Crippen LogP contribution is -2.38. The smallest absolute Gasteiger partial charge is 0.306 e. The number of thioether (sulfide) groups is 1. The topological polar surface area (TPSA) is 40.5 Å². The maximum atomic E-state index is 13.1. The highest BCUT2D eigenvalue weighted by atomic mass is 32.2. The summed E-state index contributed by atoms with van der Waals surface area (Å²) in [5, 5.41) is 10.0. The first-order valence-corrected chi connectivity index (χ1v) is 14.9. The van der Waals surface area contributed by atoms with Gasteiger partial charge >= 0.3 is 5.97 Å². The fourth-order valence-corrected chi connectivity index (χ4v) is 7.69. The van der Waals surface area contributed by atoms with Crippen molar-refractivity contribution in [2.45, 2.75) is 62.2 Å². The van der Waals surface area contributed by atoms with Crippen LogP contribution in [0, 0.1) is 35.4 Å². The Kier molecular flexibility index (Phi) is 8.69. The molecule has 4 atom stereocenters. The summed E-state index contributed by atoms with van der Waals surface area (Å²) in [6, 6.07) is 17.7. The molecule has 5 rings (SSSR count). The molecule has 3 aliphatic rings. The van der Waals surface area contributed by atoms with Gasteiger partial charge in [0.05, 0.1) is 5.92 Å². The van der Waals surface area contributed by atoms with Gasteiger partial charge in [0.2, 0.25) is 0 Å². The second-order valence-electron chi connectivity index (χ2n) is 11.5. The molecule has 5 heteroatoms.